The number of nitrogens with zero attached hydrogens (tertiary/aromatic N) is 4. The lowest BCUT2D eigenvalue weighted by molar-refractivity contribution is -0.114. The highest BCUT2D eigenvalue weighted by Gasteiger charge is 2.36. The number of ether oxygens (including phenoxy) is 1. The number of aromatic nitrogens is 2. The summed E-state index contributed by atoms with van der Waals surface area (Å²) in [5, 5.41) is 14.8. The normalized spacial score (nSPS) is 19.4. The van der Waals surface area contributed by atoms with E-state index in [0.717, 1.165) is 31.2 Å². The number of rotatable bonds is 6. The van der Waals surface area contributed by atoms with Crippen LogP contribution in [0.3, 0.4) is 0 Å². The number of benzene rings is 1. The topological polar surface area (TPSA) is 120 Å². The van der Waals surface area contributed by atoms with Crippen LogP contribution in [0, 0.1) is 11.3 Å². The minimum atomic E-state index is -1.09. The Morgan fingerprint density at radius 1 is 1.39 bits per heavy atom. The molecule has 1 aromatic carbocycles. The Hall–Kier alpha value is -4.00. The Kier molecular flexibility index (Phi) is 6.22. The number of halogens is 1. The van der Waals surface area contributed by atoms with Gasteiger partial charge in [-0.2, -0.15) is 10.2 Å². The number of nitrogens with one attached hydrogen (secondary N) is 2. The third-order valence-electron chi connectivity index (χ3n) is 5.93. The van der Waals surface area contributed by atoms with Crippen LogP contribution in [0.5, 0.6) is 5.88 Å². The minimum Gasteiger partial charge on any atom is -0.480 e. The van der Waals surface area contributed by atoms with Gasteiger partial charge < -0.3 is 20.3 Å². The fraction of sp³-hybridized carbons (Fsp3) is 0.348. The first-order valence-corrected chi connectivity index (χ1v) is 10.6. The molecule has 1 aromatic heterocycles. The maximum atomic E-state index is 13.1. The summed E-state index contributed by atoms with van der Waals surface area (Å²) in [6, 6.07) is 7.08. The summed E-state index contributed by atoms with van der Waals surface area (Å²) in [6.07, 6.45) is 4.84. The van der Waals surface area contributed by atoms with E-state index in [4.69, 9.17) is 10.00 Å². The number of hydrogen-bond donors (Lipinski definition) is 2. The van der Waals surface area contributed by atoms with Gasteiger partial charge >= 0.3 is 0 Å². The molecule has 0 unspecified atom stereocenters. The van der Waals surface area contributed by atoms with E-state index in [1.807, 2.05) is 11.0 Å². The van der Waals surface area contributed by atoms with E-state index in [2.05, 4.69) is 27.2 Å². The number of nitriles is 1. The maximum Gasteiger partial charge on any atom is 0.283 e. The van der Waals surface area contributed by atoms with Crippen molar-refractivity contribution in [2.75, 3.05) is 17.7 Å². The SMILES string of the molecule is C=C(F)C(=O)Nc1ccc2c(c1)C(=O)N([C@H]1CCC[C@@H](Nc3ncc(C#N)c(OC)n3)C1)C2. The van der Waals surface area contributed by atoms with Gasteiger partial charge in [-0.3, -0.25) is 9.59 Å². The van der Waals surface area contributed by atoms with Gasteiger partial charge in [-0.25, -0.2) is 9.37 Å². The van der Waals surface area contributed by atoms with E-state index in [0.29, 0.717) is 23.7 Å². The molecule has 1 aliphatic carbocycles. The summed E-state index contributed by atoms with van der Waals surface area (Å²) in [7, 11) is 1.45. The summed E-state index contributed by atoms with van der Waals surface area (Å²) in [6.45, 7) is 3.46. The van der Waals surface area contributed by atoms with Crippen LogP contribution in [-0.4, -0.2) is 45.9 Å². The number of methoxy groups -OCH3 is 1. The monoisotopic (exact) mass is 450 g/mol. The molecular formula is C23H23FN6O3. The Morgan fingerprint density at radius 3 is 2.94 bits per heavy atom. The molecule has 2 aromatic rings. The van der Waals surface area contributed by atoms with Crippen LogP contribution in [0.15, 0.2) is 36.8 Å². The molecule has 0 spiro atoms. The second-order valence-electron chi connectivity index (χ2n) is 8.05. The van der Waals surface area contributed by atoms with Crippen LogP contribution in [-0.2, 0) is 11.3 Å². The zero-order chi connectivity index (χ0) is 23.5. The van der Waals surface area contributed by atoms with E-state index in [-0.39, 0.29) is 29.4 Å². The molecule has 1 saturated carbocycles. The molecule has 170 valence electrons. The number of fused-ring (bicyclic) bond motifs is 1. The molecule has 2 aliphatic rings. The van der Waals surface area contributed by atoms with Crippen molar-refractivity contribution in [2.45, 2.75) is 44.3 Å². The van der Waals surface area contributed by atoms with Gasteiger partial charge in [-0.1, -0.05) is 12.6 Å². The van der Waals surface area contributed by atoms with Crippen molar-refractivity contribution in [1.29, 1.82) is 5.26 Å². The van der Waals surface area contributed by atoms with Crippen LogP contribution in [0.2, 0.25) is 0 Å². The highest BCUT2D eigenvalue weighted by atomic mass is 19.1. The lowest BCUT2D eigenvalue weighted by atomic mass is 9.90. The van der Waals surface area contributed by atoms with Crippen molar-refractivity contribution in [3.8, 4) is 11.9 Å². The molecule has 0 saturated heterocycles. The lowest BCUT2D eigenvalue weighted by Crippen LogP contribution is -2.42. The molecular weight excluding hydrogens is 427 g/mol. The third-order valence-corrected chi connectivity index (χ3v) is 5.93. The van der Waals surface area contributed by atoms with Crippen molar-refractivity contribution < 1.29 is 18.7 Å². The molecule has 2 N–H and O–H groups in total. The minimum absolute atomic E-state index is 0.0279. The Bertz CT molecular complexity index is 1160. The van der Waals surface area contributed by atoms with Crippen LogP contribution in [0.4, 0.5) is 16.0 Å². The summed E-state index contributed by atoms with van der Waals surface area (Å²) in [4.78, 5) is 35.0. The van der Waals surface area contributed by atoms with Crippen molar-refractivity contribution in [3.63, 3.8) is 0 Å². The highest BCUT2D eigenvalue weighted by Crippen LogP contribution is 2.33. The van der Waals surface area contributed by atoms with Crippen molar-refractivity contribution in [2.24, 2.45) is 0 Å². The first-order valence-electron chi connectivity index (χ1n) is 10.6. The molecule has 1 aliphatic heterocycles. The smallest absolute Gasteiger partial charge is 0.283 e. The van der Waals surface area contributed by atoms with E-state index in [1.54, 1.807) is 18.2 Å². The quantitative estimate of drug-likeness (QED) is 0.649. The zero-order valence-electron chi connectivity index (χ0n) is 18.1. The molecule has 33 heavy (non-hydrogen) atoms. The van der Waals surface area contributed by atoms with Gasteiger partial charge in [0.25, 0.3) is 11.8 Å². The molecule has 4 rings (SSSR count). The summed E-state index contributed by atoms with van der Waals surface area (Å²) in [5.41, 5.74) is 1.99. The third kappa shape index (κ3) is 4.62. The first-order chi connectivity index (χ1) is 15.9. The van der Waals surface area contributed by atoms with Crippen LogP contribution >= 0.6 is 0 Å². The molecule has 0 bridgehead atoms. The van der Waals surface area contributed by atoms with Gasteiger partial charge in [0.1, 0.15) is 11.6 Å². The van der Waals surface area contributed by atoms with Gasteiger partial charge in [0, 0.05) is 29.9 Å². The van der Waals surface area contributed by atoms with Gasteiger partial charge in [-0.15, -0.1) is 0 Å². The average Bonchev–Trinajstić information content (AvgIpc) is 3.15. The largest absolute Gasteiger partial charge is 0.480 e. The number of carbonyl (C=O) groups excluding carboxylic acids is 2. The van der Waals surface area contributed by atoms with Crippen LogP contribution < -0.4 is 15.4 Å². The number of hydrogen-bond acceptors (Lipinski definition) is 7. The summed E-state index contributed by atoms with van der Waals surface area (Å²) < 4.78 is 18.1. The molecule has 10 heteroatoms. The fourth-order valence-electron chi connectivity index (χ4n) is 4.32. The van der Waals surface area contributed by atoms with Crippen molar-refractivity contribution in [3.05, 3.63) is 53.5 Å². The average molecular weight is 450 g/mol. The standard InChI is InChI=1S/C23H23FN6O3/c1-13(24)20(31)27-17-7-6-14-12-30(22(32)19(14)9-17)18-5-3-4-16(8-18)28-23-26-11-15(10-25)21(29-23)33-2/h6-7,9,11,16,18H,1,3-5,8,12H2,2H3,(H,27,31)(H,26,28,29)/t16-,18+/m1/s1. The Labute approximate surface area is 190 Å². The van der Waals surface area contributed by atoms with E-state index in [9.17, 15) is 14.0 Å². The second-order valence-corrected chi connectivity index (χ2v) is 8.05. The van der Waals surface area contributed by atoms with E-state index >= 15 is 0 Å². The molecule has 1 fully saturated rings. The first kappa shape index (κ1) is 22.2. The van der Waals surface area contributed by atoms with Gasteiger partial charge in [0.15, 0.2) is 5.83 Å². The van der Waals surface area contributed by atoms with E-state index < -0.39 is 11.7 Å². The highest BCUT2D eigenvalue weighted by molar-refractivity contribution is 6.04. The maximum absolute atomic E-state index is 13.1. The predicted octanol–water partition coefficient (Wildman–Crippen LogP) is 3.16. The molecule has 2 heterocycles. The molecule has 0 radical (unpaired) electrons. The molecule has 9 nitrogen and oxygen atoms in total. The number of anilines is 2. The number of carbonyl (C=O) groups is 2. The van der Waals surface area contributed by atoms with Gasteiger partial charge in [0.2, 0.25) is 11.8 Å². The van der Waals surface area contributed by atoms with Crippen LogP contribution in [0.1, 0.15) is 47.2 Å². The summed E-state index contributed by atoms with van der Waals surface area (Å²) in [5.74, 6) is -1.54. The molecule has 2 atom stereocenters. The Morgan fingerprint density at radius 2 is 2.21 bits per heavy atom. The van der Waals surface area contributed by atoms with Crippen molar-refractivity contribution in [1.82, 2.24) is 14.9 Å². The fourth-order valence-corrected chi connectivity index (χ4v) is 4.32. The number of amides is 2. The second kappa shape index (κ2) is 9.24. The lowest BCUT2D eigenvalue weighted by Gasteiger charge is -2.35. The summed E-state index contributed by atoms with van der Waals surface area (Å²) >= 11 is 0. The molecule has 2 amide bonds. The van der Waals surface area contributed by atoms with Gasteiger partial charge in [0.05, 0.1) is 13.3 Å². The Balaban J connectivity index is 1.44. The van der Waals surface area contributed by atoms with Crippen LogP contribution in [0.25, 0.3) is 0 Å². The zero-order valence-corrected chi connectivity index (χ0v) is 18.1. The van der Waals surface area contributed by atoms with Gasteiger partial charge in [-0.05, 0) is 43.4 Å². The predicted molar refractivity (Wildman–Crippen MR) is 118 cm³/mol. The van der Waals surface area contributed by atoms with Crippen molar-refractivity contribution >= 4 is 23.5 Å². The van der Waals surface area contributed by atoms with E-state index in [1.165, 1.54) is 13.3 Å².